The van der Waals surface area contributed by atoms with Gasteiger partial charge in [-0.25, -0.2) is 0 Å². The monoisotopic (exact) mass is 728 g/mol. The Morgan fingerprint density at radius 1 is 1.09 bits per heavy atom. The summed E-state index contributed by atoms with van der Waals surface area (Å²) >= 11 is 8.00. The van der Waals surface area contributed by atoms with Crippen LogP contribution in [0.25, 0.3) is 6.08 Å². The molecule has 0 aromatic heterocycles. The van der Waals surface area contributed by atoms with Crippen molar-refractivity contribution in [1.29, 1.82) is 5.26 Å². The van der Waals surface area contributed by atoms with Gasteiger partial charge in [0.05, 0.1) is 14.6 Å². The van der Waals surface area contributed by atoms with E-state index in [1.165, 1.54) is 3.57 Å². The van der Waals surface area contributed by atoms with Crippen LogP contribution < -0.4 is 14.8 Å². The molecule has 0 spiro atoms. The zero-order chi connectivity index (χ0) is 23.8. The van der Waals surface area contributed by atoms with Crippen molar-refractivity contribution in [2.75, 3.05) is 11.9 Å². The first kappa shape index (κ1) is 25.5. The molecule has 33 heavy (non-hydrogen) atoms. The lowest BCUT2D eigenvalue weighted by Crippen LogP contribution is -2.13. The molecule has 0 aliphatic heterocycles. The maximum atomic E-state index is 12.6. The molecule has 3 rings (SSSR count). The lowest BCUT2D eigenvalue weighted by molar-refractivity contribution is -0.112. The maximum Gasteiger partial charge on any atom is 0.266 e. The summed E-state index contributed by atoms with van der Waals surface area (Å²) in [5.74, 6) is 0.950. The fourth-order valence-electron chi connectivity index (χ4n) is 2.85. The Balaban J connectivity index is 1.72. The molecule has 0 bridgehead atoms. The molecule has 1 amide bonds. The van der Waals surface area contributed by atoms with Gasteiger partial charge in [-0.2, -0.15) is 5.26 Å². The van der Waals surface area contributed by atoms with E-state index in [9.17, 15) is 10.1 Å². The van der Waals surface area contributed by atoms with E-state index in [4.69, 9.17) is 9.47 Å². The van der Waals surface area contributed by atoms with E-state index >= 15 is 0 Å². The second-order valence-electron chi connectivity index (χ2n) is 6.81. The zero-order valence-corrected chi connectivity index (χ0v) is 23.5. The van der Waals surface area contributed by atoms with Crippen LogP contribution in [0.15, 0.2) is 70.7 Å². The summed E-state index contributed by atoms with van der Waals surface area (Å²) in [6.45, 7) is 2.91. The average molecular weight is 729 g/mol. The Kier molecular flexibility index (Phi) is 9.58. The largest absolute Gasteiger partial charge is 0.494 e. The molecule has 0 radical (unpaired) electrons. The first-order chi connectivity index (χ1) is 15.9. The Morgan fingerprint density at radius 2 is 1.79 bits per heavy atom. The third-order valence-corrected chi connectivity index (χ3v) is 6.53. The number of carbonyl (C=O) groups excluding carboxylic acids is 1. The van der Waals surface area contributed by atoms with Crippen molar-refractivity contribution in [3.05, 3.63) is 89.0 Å². The lowest BCUT2D eigenvalue weighted by atomic mass is 10.1. The van der Waals surface area contributed by atoms with E-state index in [0.29, 0.717) is 30.2 Å². The van der Waals surface area contributed by atoms with Gasteiger partial charge < -0.3 is 14.8 Å². The van der Waals surface area contributed by atoms with Crippen LogP contribution in [0.3, 0.4) is 0 Å². The van der Waals surface area contributed by atoms with E-state index in [2.05, 4.69) is 66.4 Å². The predicted molar refractivity (Wildman–Crippen MR) is 150 cm³/mol. The molecular weight excluding hydrogens is 710 g/mol. The molecule has 0 unspecified atom stereocenters. The number of halogens is 3. The zero-order valence-electron chi connectivity index (χ0n) is 17.6. The number of nitrogens with zero attached hydrogens (tertiary/aromatic N) is 1. The number of rotatable bonds is 8. The van der Waals surface area contributed by atoms with Gasteiger partial charge in [0, 0.05) is 9.26 Å². The molecule has 0 heterocycles. The number of benzene rings is 3. The van der Waals surface area contributed by atoms with E-state index in [1.54, 1.807) is 30.3 Å². The number of hydrogen-bond acceptors (Lipinski definition) is 4. The Morgan fingerprint density at radius 3 is 2.39 bits per heavy atom. The Labute approximate surface area is 228 Å². The number of carbonyl (C=O) groups is 1. The minimum atomic E-state index is -0.480. The minimum Gasteiger partial charge on any atom is -0.494 e. The maximum absolute atomic E-state index is 12.6. The van der Waals surface area contributed by atoms with Crippen molar-refractivity contribution in [2.24, 2.45) is 0 Å². The van der Waals surface area contributed by atoms with Gasteiger partial charge in [-0.15, -0.1) is 0 Å². The molecule has 0 saturated carbocycles. The molecule has 0 aliphatic rings. The van der Waals surface area contributed by atoms with Crippen molar-refractivity contribution in [3.63, 3.8) is 0 Å². The predicted octanol–water partition coefficient (Wildman–Crippen LogP) is 7.18. The smallest absolute Gasteiger partial charge is 0.266 e. The van der Waals surface area contributed by atoms with Gasteiger partial charge in [0.25, 0.3) is 5.91 Å². The Bertz CT molecular complexity index is 1180. The third-order valence-electron chi connectivity index (χ3n) is 4.42. The topological polar surface area (TPSA) is 71.3 Å². The first-order valence-corrected chi connectivity index (χ1v) is 12.9. The summed E-state index contributed by atoms with van der Waals surface area (Å²) < 4.78 is 14.2. The highest BCUT2D eigenvalue weighted by Gasteiger charge is 2.13. The highest BCUT2D eigenvalue weighted by Crippen LogP contribution is 2.33. The van der Waals surface area contributed by atoms with Gasteiger partial charge >= 0.3 is 0 Å². The number of anilines is 1. The van der Waals surface area contributed by atoms with Crippen LogP contribution >= 0.6 is 61.1 Å². The molecule has 0 atom stereocenters. The van der Waals surface area contributed by atoms with Crippen molar-refractivity contribution < 1.29 is 14.3 Å². The van der Waals surface area contributed by atoms with Gasteiger partial charge in [-0.1, -0.05) is 12.1 Å². The van der Waals surface area contributed by atoms with Gasteiger partial charge in [-0.3, -0.25) is 4.79 Å². The van der Waals surface area contributed by atoms with Crippen LogP contribution in [0.1, 0.15) is 18.1 Å². The average Bonchev–Trinajstić information content (AvgIpc) is 2.79. The van der Waals surface area contributed by atoms with Crippen LogP contribution in [-0.4, -0.2) is 12.5 Å². The second kappa shape index (κ2) is 12.4. The van der Waals surface area contributed by atoms with Crippen molar-refractivity contribution in [1.82, 2.24) is 0 Å². The second-order valence-corrected chi connectivity index (χ2v) is 10.1. The summed E-state index contributed by atoms with van der Waals surface area (Å²) in [4.78, 5) is 12.6. The third kappa shape index (κ3) is 7.45. The van der Waals surface area contributed by atoms with Crippen LogP contribution in [0.2, 0.25) is 0 Å². The number of amides is 1. The molecule has 168 valence electrons. The van der Waals surface area contributed by atoms with Crippen LogP contribution in [-0.2, 0) is 11.4 Å². The van der Waals surface area contributed by atoms with E-state index in [0.717, 1.165) is 19.4 Å². The number of hydrogen-bond donors (Lipinski definition) is 1. The van der Waals surface area contributed by atoms with Crippen LogP contribution in [0.4, 0.5) is 5.69 Å². The molecule has 0 fully saturated rings. The summed E-state index contributed by atoms with van der Waals surface area (Å²) in [6, 6.07) is 20.8. The fraction of sp³-hybridized carbons (Fsp3) is 0.120. The molecule has 5 nitrogen and oxygen atoms in total. The minimum absolute atomic E-state index is 0.000795. The summed E-state index contributed by atoms with van der Waals surface area (Å²) in [5.41, 5.74) is 2.37. The standard InChI is InChI=1S/C25H19BrI2N2O3/c1-2-32-21-9-7-20(8-10-21)30-25(31)18(14-29)11-17-12-22(26)24(23(28)13-17)33-15-16-3-5-19(27)6-4-16/h3-13H,2,15H2,1H3,(H,30,31)/b18-11-. The molecule has 3 aromatic rings. The number of nitrogens with one attached hydrogen (secondary N) is 1. The van der Waals surface area contributed by atoms with Crippen LogP contribution in [0.5, 0.6) is 11.5 Å². The SMILES string of the molecule is CCOc1ccc(NC(=O)/C(C#N)=C\c2cc(Br)c(OCc3ccc(I)cc3)c(I)c2)cc1. The van der Waals surface area contributed by atoms with Crippen molar-refractivity contribution in [2.45, 2.75) is 13.5 Å². The molecule has 8 heteroatoms. The lowest BCUT2D eigenvalue weighted by Gasteiger charge is -2.12. The quantitative estimate of drug-likeness (QED) is 0.152. The van der Waals surface area contributed by atoms with Gasteiger partial charge in [0.1, 0.15) is 29.7 Å². The summed E-state index contributed by atoms with van der Waals surface area (Å²) in [5, 5.41) is 12.3. The van der Waals surface area contributed by atoms with E-state index < -0.39 is 5.91 Å². The van der Waals surface area contributed by atoms with E-state index in [1.807, 2.05) is 49.4 Å². The molecular formula is C25H19BrI2N2O3. The molecule has 3 aromatic carbocycles. The van der Waals surface area contributed by atoms with Crippen molar-refractivity contribution >= 4 is 78.8 Å². The number of ether oxygens (including phenoxy) is 2. The molecule has 0 aliphatic carbocycles. The summed E-state index contributed by atoms with van der Waals surface area (Å²) in [7, 11) is 0. The van der Waals surface area contributed by atoms with Crippen LogP contribution in [0, 0.1) is 18.5 Å². The van der Waals surface area contributed by atoms with E-state index in [-0.39, 0.29) is 5.57 Å². The fourth-order valence-corrected chi connectivity index (χ4v) is 4.98. The number of nitriles is 1. The summed E-state index contributed by atoms with van der Waals surface area (Å²) in [6.07, 6.45) is 1.56. The first-order valence-electron chi connectivity index (χ1n) is 9.92. The highest BCUT2D eigenvalue weighted by atomic mass is 127. The van der Waals surface area contributed by atoms with Gasteiger partial charge in [0.2, 0.25) is 0 Å². The molecule has 1 N–H and O–H groups in total. The Hall–Kier alpha value is -2.10. The van der Waals surface area contributed by atoms with Crippen molar-refractivity contribution in [3.8, 4) is 17.6 Å². The highest BCUT2D eigenvalue weighted by molar-refractivity contribution is 14.1. The van der Waals surface area contributed by atoms with Gasteiger partial charge in [-0.05, 0) is 134 Å². The normalized spacial score (nSPS) is 10.9. The van der Waals surface area contributed by atoms with Gasteiger partial charge in [0.15, 0.2) is 0 Å². The molecule has 0 saturated heterocycles.